The SMILES string of the molecule is CNCC(=O)NC(C)c1cc(F)ccc1OC.Cl. The normalized spacial score (nSPS) is 11.3. The summed E-state index contributed by atoms with van der Waals surface area (Å²) in [4.78, 5) is 11.4. The molecule has 1 aromatic carbocycles. The van der Waals surface area contributed by atoms with Gasteiger partial charge in [-0.2, -0.15) is 0 Å². The molecule has 0 fully saturated rings. The van der Waals surface area contributed by atoms with Gasteiger partial charge < -0.3 is 15.4 Å². The monoisotopic (exact) mass is 276 g/mol. The molecule has 0 saturated heterocycles. The van der Waals surface area contributed by atoms with Crippen molar-refractivity contribution in [1.29, 1.82) is 0 Å². The summed E-state index contributed by atoms with van der Waals surface area (Å²) in [7, 11) is 3.20. The summed E-state index contributed by atoms with van der Waals surface area (Å²) < 4.78 is 18.3. The van der Waals surface area contributed by atoms with Crippen molar-refractivity contribution in [3.63, 3.8) is 0 Å². The fourth-order valence-corrected chi connectivity index (χ4v) is 1.57. The van der Waals surface area contributed by atoms with Crippen LogP contribution in [-0.2, 0) is 4.79 Å². The van der Waals surface area contributed by atoms with Gasteiger partial charge in [0.1, 0.15) is 11.6 Å². The van der Waals surface area contributed by atoms with Crippen LogP contribution in [0.5, 0.6) is 5.75 Å². The summed E-state index contributed by atoms with van der Waals surface area (Å²) in [6, 6.07) is 3.93. The quantitative estimate of drug-likeness (QED) is 0.860. The van der Waals surface area contributed by atoms with Crippen LogP contribution in [0, 0.1) is 5.82 Å². The standard InChI is InChI=1S/C12H17FN2O2.ClH/c1-8(15-12(16)7-14-2)10-6-9(13)4-5-11(10)17-3;/h4-6,8,14H,7H2,1-3H3,(H,15,16);1H. The highest BCUT2D eigenvalue weighted by molar-refractivity contribution is 5.85. The summed E-state index contributed by atoms with van der Waals surface area (Å²) in [6.07, 6.45) is 0. The molecule has 1 amide bonds. The Morgan fingerprint density at radius 1 is 1.50 bits per heavy atom. The molecule has 0 spiro atoms. The van der Waals surface area contributed by atoms with Crippen LogP contribution >= 0.6 is 12.4 Å². The zero-order valence-corrected chi connectivity index (χ0v) is 11.4. The lowest BCUT2D eigenvalue weighted by molar-refractivity contribution is -0.120. The molecule has 0 aromatic heterocycles. The first-order valence-electron chi connectivity index (χ1n) is 5.36. The molecule has 2 N–H and O–H groups in total. The van der Waals surface area contributed by atoms with E-state index in [4.69, 9.17) is 4.74 Å². The fourth-order valence-electron chi connectivity index (χ4n) is 1.57. The maximum absolute atomic E-state index is 13.1. The van der Waals surface area contributed by atoms with Crippen LogP contribution in [0.2, 0.25) is 0 Å². The van der Waals surface area contributed by atoms with E-state index in [0.29, 0.717) is 11.3 Å². The molecule has 0 aliphatic carbocycles. The molecule has 102 valence electrons. The van der Waals surface area contributed by atoms with Crippen molar-refractivity contribution in [2.45, 2.75) is 13.0 Å². The van der Waals surface area contributed by atoms with Gasteiger partial charge in [-0.3, -0.25) is 4.79 Å². The van der Waals surface area contributed by atoms with Crippen molar-refractivity contribution in [3.8, 4) is 5.75 Å². The maximum Gasteiger partial charge on any atom is 0.234 e. The number of benzene rings is 1. The Morgan fingerprint density at radius 2 is 2.17 bits per heavy atom. The van der Waals surface area contributed by atoms with E-state index < -0.39 is 0 Å². The summed E-state index contributed by atoms with van der Waals surface area (Å²) in [5, 5.41) is 5.50. The van der Waals surface area contributed by atoms with Crippen LogP contribution < -0.4 is 15.4 Å². The van der Waals surface area contributed by atoms with Crippen LogP contribution in [-0.4, -0.2) is 26.6 Å². The van der Waals surface area contributed by atoms with Gasteiger partial charge in [-0.15, -0.1) is 12.4 Å². The van der Waals surface area contributed by atoms with Crippen LogP contribution in [0.1, 0.15) is 18.5 Å². The minimum atomic E-state index is -0.351. The first-order valence-corrected chi connectivity index (χ1v) is 5.36. The maximum atomic E-state index is 13.1. The summed E-state index contributed by atoms with van der Waals surface area (Å²) >= 11 is 0. The van der Waals surface area contributed by atoms with Crippen molar-refractivity contribution in [3.05, 3.63) is 29.6 Å². The second-order valence-electron chi connectivity index (χ2n) is 3.71. The molecule has 0 heterocycles. The predicted molar refractivity (Wildman–Crippen MR) is 70.7 cm³/mol. The number of nitrogens with one attached hydrogen (secondary N) is 2. The Hall–Kier alpha value is -1.33. The van der Waals surface area contributed by atoms with Gasteiger partial charge >= 0.3 is 0 Å². The zero-order chi connectivity index (χ0) is 12.8. The van der Waals surface area contributed by atoms with E-state index in [0.717, 1.165) is 0 Å². The predicted octanol–water partition coefficient (Wildman–Crippen LogP) is 1.65. The lowest BCUT2D eigenvalue weighted by Crippen LogP contribution is -2.34. The minimum Gasteiger partial charge on any atom is -0.496 e. The van der Waals surface area contributed by atoms with Gasteiger partial charge in [0.05, 0.1) is 19.7 Å². The van der Waals surface area contributed by atoms with Gasteiger partial charge in [0.25, 0.3) is 0 Å². The number of ether oxygens (including phenoxy) is 1. The van der Waals surface area contributed by atoms with Gasteiger partial charge in [-0.1, -0.05) is 0 Å². The second-order valence-corrected chi connectivity index (χ2v) is 3.71. The van der Waals surface area contributed by atoms with Gasteiger partial charge in [0, 0.05) is 5.56 Å². The topological polar surface area (TPSA) is 50.4 Å². The molecule has 6 heteroatoms. The van der Waals surface area contributed by atoms with Gasteiger partial charge in [-0.05, 0) is 32.2 Å². The van der Waals surface area contributed by atoms with E-state index in [9.17, 15) is 9.18 Å². The average Bonchev–Trinajstić information content (AvgIpc) is 2.29. The molecule has 0 bridgehead atoms. The number of amides is 1. The molecular formula is C12H18ClFN2O2. The Morgan fingerprint density at radius 3 is 2.72 bits per heavy atom. The zero-order valence-electron chi connectivity index (χ0n) is 10.6. The molecule has 1 unspecified atom stereocenters. The fraction of sp³-hybridized carbons (Fsp3) is 0.417. The smallest absolute Gasteiger partial charge is 0.234 e. The number of hydrogen-bond acceptors (Lipinski definition) is 3. The third kappa shape index (κ3) is 4.50. The largest absolute Gasteiger partial charge is 0.496 e. The Bertz CT molecular complexity index is 402. The highest BCUT2D eigenvalue weighted by Gasteiger charge is 2.14. The number of hydrogen-bond donors (Lipinski definition) is 2. The number of carbonyl (C=O) groups excluding carboxylic acids is 1. The Labute approximate surface area is 112 Å². The molecule has 0 aliphatic rings. The molecule has 18 heavy (non-hydrogen) atoms. The molecule has 0 radical (unpaired) electrons. The van der Waals surface area contributed by atoms with E-state index in [1.807, 2.05) is 0 Å². The molecule has 1 aromatic rings. The molecule has 0 saturated carbocycles. The van der Waals surface area contributed by atoms with E-state index in [1.165, 1.54) is 19.2 Å². The number of methoxy groups -OCH3 is 1. The van der Waals surface area contributed by atoms with Gasteiger partial charge in [0.2, 0.25) is 5.91 Å². The van der Waals surface area contributed by atoms with Crippen molar-refractivity contribution < 1.29 is 13.9 Å². The molecular weight excluding hydrogens is 259 g/mol. The highest BCUT2D eigenvalue weighted by atomic mass is 35.5. The number of likely N-dealkylation sites (N-methyl/N-ethyl adjacent to an activating group) is 1. The number of rotatable bonds is 5. The van der Waals surface area contributed by atoms with E-state index >= 15 is 0 Å². The minimum absolute atomic E-state index is 0. The van der Waals surface area contributed by atoms with Crippen molar-refractivity contribution in [2.24, 2.45) is 0 Å². The third-order valence-corrected chi connectivity index (χ3v) is 2.37. The van der Waals surface area contributed by atoms with Crippen LogP contribution in [0.25, 0.3) is 0 Å². The molecule has 4 nitrogen and oxygen atoms in total. The summed E-state index contributed by atoms with van der Waals surface area (Å²) in [5.41, 5.74) is 0.622. The molecule has 1 atom stereocenters. The first-order chi connectivity index (χ1) is 8.08. The van der Waals surface area contributed by atoms with Crippen molar-refractivity contribution in [1.82, 2.24) is 10.6 Å². The van der Waals surface area contributed by atoms with Crippen molar-refractivity contribution >= 4 is 18.3 Å². The number of halogens is 2. The summed E-state index contributed by atoms with van der Waals surface area (Å²) in [6.45, 7) is 2.01. The molecule has 1 rings (SSSR count). The molecule has 0 aliphatic heterocycles. The Balaban J connectivity index is 0.00000289. The average molecular weight is 277 g/mol. The van der Waals surface area contributed by atoms with Crippen molar-refractivity contribution in [2.75, 3.05) is 20.7 Å². The number of carbonyl (C=O) groups is 1. The van der Waals surface area contributed by atoms with E-state index in [2.05, 4.69) is 10.6 Å². The highest BCUT2D eigenvalue weighted by Crippen LogP contribution is 2.25. The van der Waals surface area contributed by atoms with Gasteiger partial charge in [-0.25, -0.2) is 4.39 Å². The summed E-state index contributed by atoms with van der Waals surface area (Å²) in [5.74, 6) is 0.0606. The third-order valence-electron chi connectivity index (χ3n) is 2.37. The van der Waals surface area contributed by atoms with Crippen LogP contribution in [0.15, 0.2) is 18.2 Å². The Kier molecular flexibility index (Phi) is 7.31. The first kappa shape index (κ1) is 16.7. The van der Waals surface area contributed by atoms with Crippen LogP contribution in [0.4, 0.5) is 4.39 Å². The van der Waals surface area contributed by atoms with Gasteiger partial charge in [0.15, 0.2) is 0 Å². The second kappa shape index (κ2) is 7.89. The lowest BCUT2D eigenvalue weighted by Gasteiger charge is -2.17. The van der Waals surface area contributed by atoms with E-state index in [1.54, 1.807) is 20.0 Å². The lowest BCUT2D eigenvalue weighted by atomic mass is 10.1. The van der Waals surface area contributed by atoms with E-state index in [-0.39, 0.29) is 36.7 Å². The van der Waals surface area contributed by atoms with Crippen LogP contribution in [0.3, 0.4) is 0 Å².